The van der Waals surface area contributed by atoms with E-state index in [1.807, 2.05) is 51.6 Å². The summed E-state index contributed by atoms with van der Waals surface area (Å²) in [5.41, 5.74) is 8.39. The molecule has 222 valence electrons. The van der Waals surface area contributed by atoms with E-state index in [2.05, 4.69) is 15.2 Å². The first-order chi connectivity index (χ1) is 19.8. The van der Waals surface area contributed by atoms with Gasteiger partial charge < -0.3 is 25.4 Å². The van der Waals surface area contributed by atoms with Gasteiger partial charge in [-0.05, 0) is 37.3 Å². The molecule has 1 aliphatic rings. The van der Waals surface area contributed by atoms with E-state index in [0.717, 1.165) is 30.3 Å². The molecule has 0 radical (unpaired) electrons. The van der Waals surface area contributed by atoms with Gasteiger partial charge in [-0.2, -0.15) is 11.8 Å². The van der Waals surface area contributed by atoms with Crippen molar-refractivity contribution in [3.8, 4) is 11.5 Å². The zero-order valence-corrected chi connectivity index (χ0v) is 26.7. The van der Waals surface area contributed by atoms with Crippen molar-refractivity contribution in [2.45, 2.75) is 40.7 Å². The van der Waals surface area contributed by atoms with Gasteiger partial charge in [-0.3, -0.25) is 15.2 Å². The van der Waals surface area contributed by atoms with E-state index in [0.29, 0.717) is 32.8 Å². The molecule has 1 amide bonds. The second kappa shape index (κ2) is 17.0. The van der Waals surface area contributed by atoms with E-state index in [1.165, 1.54) is 12.4 Å². The molecule has 1 fully saturated rings. The molecule has 4 rings (SSSR count). The van der Waals surface area contributed by atoms with Crippen LogP contribution in [0.4, 0.5) is 17.1 Å². The van der Waals surface area contributed by atoms with Gasteiger partial charge in [-0.25, -0.2) is 0 Å². The summed E-state index contributed by atoms with van der Waals surface area (Å²) in [7, 11) is 1.55. The van der Waals surface area contributed by atoms with Gasteiger partial charge in [0.05, 0.1) is 22.8 Å². The van der Waals surface area contributed by atoms with Crippen LogP contribution in [-0.4, -0.2) is 48.3 Å². The fourth-order valence-electron chi connectivity index (χ4n) is 4.01. The minimum atomic E-state index is -0.627. The number of nitrogen functional groups attached to an aromatic ring is 1. The molecular weight excluding hydrogens is 581 g/mol. The number of methoxy groups -OCH3 is 1. The first kappa shape index (κ1) is 34.1. The van der Waals surface area contributed by atoms with Crippen molar-refractivity contribution in [2.24, 2.45) is 0 Å². The molecule has 0 saturated carbocycles. The Bertz CT molecular complexity index is 1300. The second-order valence-electron chi connectivity index (χ2n) is 8.34. The summed E-state index contributed by atoms with van der Waals surface area (Å²) in [4.78, 5) is 19.3. The number of carbonyl (C=O) groups is 1. The Morgan fingerprint density at radius 2 is 1.71 bits per heavy atom. The Morgan fingerprint density at radius 1 is 1.07 bits per heavy atom. The van der Waals surface area contributed by atoms with E-state index in [-0.39, 0.29) is 17.0 Å². The van der Waals surface area contributed by atoms with Crippen LogP contribution in [0.5, 0.6) is 11.5 Å². The van der Waals surface area contributed by atoms with Gasteiger partial charge in [0.2, 0.25) is 0 Å². The highest BCUT2D eigenvalue weighted by Gasteiger charge is 2.21. The summed E-state index contributed by atoms with van der Waals surface area (Å²) in [5.74, 6) is 2.44. The van der Waals surface area contributed by atoms with Crippen LogP contribution in [0, 0.1) is 5.41 Å². The average Bonchev–Trinajstić information content (AvgIpc) is 3.00. The zero-order valence-electron chi connectivity index (χ0n) is 24.4. The van der Waals surface area contributed by atoms with Crippen molar-refractivity contribution >= 4 is 63.6 Å². The van der Waals surface area contributed by atoms with Gasteiger partial charge in [0, 0.05) is 65.6 Å². The molecule has 1 aliphatic heterocycles. The molecule has 8 nitrogen and oxygen atoms in total. The zero-order chi connectivity index (χ0) is 30.5. The minimum absolute atomic E-state index is 0.232. The van der Waals surface area contributed by atoms with Gasteiger partial charge in [-0.1, -0.05) is 50.9 Å². The van der Waals surface area contributed by atoms with Gasteiger partial charge in [-0.15, -0.1) is 0 Å². The first-order valence-electron chi connectivity index (χ1n) is 13.5. The number of anilines is 3. The fraction of sp³-hybridized carbons (Fsp3) is 0.367. The maximum absolute atomic E-state index is 13.0. The number of thioether (sulfide) groups is 1. The molecule has 0 bridgehead atoms. The Morgan fingerprint density at radius 3 is 2.32 bits per heavy atom. The number of nitrogens with one attached hydrogen (secondary N) is 2. The second-order valence-corrected chi connectivity index (χ2v) is 10.4. The number of nitrogens with two attached hydrogens (primary N) is 1. The molecule has 2 heterocycles. The van der Waals surface area contributed by atoms with Crippen molar-refractivity contribution in [3.05, 3.63) is 70.0 Å². The third-order valence-corrected chi connectivity index (χ3v) is 7.49. The number of halogens is 2. The lowest BCUT2D eigenvalue weighted by atomic mass is 10.1. The summed E-state index contributed by atoms with van der Waals surface area (Å²) < 4.78 is 11.5. The van der Waals surface area contributed by atoms with Gasteiger partial charge >= 0.3 is 0 Å². The molecule has 1 saturated heterocycles. The molecular formula is C30H39Cl2N5O3S. The topological polar surface area (TPSA) is 114 Å². The maximum Gasteiger partial charge on any atom is 0.274 e. The van der Waals surface area contributed by atoms with Crippen molar-refractivity contribution in [1.29, 1.82) is 5.41 Å². The smallest absolute Gasteiger partial charge is 0.274 e. The molecule has 0 spiro atoms. The largest absolute Gasteiger partial charge is 0.494 e. The monoisotopic (exact) mass is 619 g/mol. The summed E-state index contributed by atoms with van der Waals surface area (Å²) in [6, 6.07) is 10.4. The Kier molecular flexibility index (Phi) is 14.1. The van der Waals surface area contributed by atoms with Crippen LogP contribution in [0.1, 0.15) is 51.8 Å². The van der Waals surface area contributed by atoms with Crippen LogP contribution < -0.4 is 25.4 Å². The Balaban J connectivity index is 0.00000141. The van der Waals surface area contributed by atoms with Crippen molar-refractivity contribution in [3.63, 3.8) is 0 Å². The molecule has 11 heteroatoms. The molecule has 1 aromatic heterocycles. The van der Waals surface area contributed by atoms with Crippen LogP contribution >= 0.6 is 35.0 Å². The van der Waals surface area contributed by atoms with Crippen LogP contribution in [0.15, 0.2) is 48.8 Å². The molecule has 1 unspecified atom stereocenters. The van der Waals surface area contributed by atoms with Gasteiger partial charge in [0.25, 0.3) is 5.91 Å². The number of nitrogens with zero attached hydrogens (tertiary/aromatic N) is 2. The molecule has 4 N–H and O–H groups in total. The summed E-state index contributed by atoms with van der Waals surface area (Å²) in [5, 5.41) is 12.0. The number of pyridine rings is 1. The highest BCUT2D eigenvalue weighted by Crippen LogP contribution is 2.34. The van der Waals surface area contributed by atoms with Crippen molar-refractivity contribution in [1.82, 2.24) is 4.98 Å². The van der Waals surface area contributed by atoms with Gasteiger partial charge in [0.15, 0.2) is 0 Å². The third-order valence-electron chi connectivity index (χ3n) is 5.94. The van der Waals surface area contributed by atoms with Crippen LogP contribution in [0.3, 0.4) is 0 Å². The normalized spacial score (nSPS) is 13.0. The van der Waals surface area contributed by atoms with Crippen LogP contribution in [-0.2, 0) is 4.79 Å². The average molecular weight is 621 g/mol. The highest BCUT2D eigenvalue weighted by atomic mass is 35.5. The fourth-order valence-corrected chi connectivity index (χ4v) is 5.58. The number of rotatable bonds is 8. The van der Waals surface area contributed by atoms with Crippen LogP contribution in [0.25, 0.3) is 0 Å². The van der Waals surface area contributed by atoms with Crippen molar-refractivity contribution < 1.29 is 14.3 Å². The number of ether oxygens (including phenoxy) is 2. The van der Waals surface area contributed by atoms with E-state index in [1.54, 1.807) is 38.3 Å². The summed E-state index contributed by atoms with van der Waals surface area (Å²) >= 11 is 14.4. The van der Waals surface area contributed by atoms with Crippen LogP contribution in [0.2, 0.25) is 10.0 Å². The SMILES string of the molecule is CC.CC.COc1cc(N2CCSCC2)ccc1NC(=O)C(=N)c1cc(OC(C)c2c(Cl)cncc2Cl)ccc1N. The predicted octanol–water partition coefficient (Wildman–Crippen LogP) is 7.73. The number of benzene rings is 2. The Labute approximate surface area is 257 Å². The lowest BCUT2D eigenvalue weighted by molar-refractivity contribution is -0.110. The number of hydrogen-bond donors (Lipinski definition) is 3. The quantitative estimate of drug-likeness (QED) is 0.174. The molecule has 2 aromatic carbocycles. The maximum atomic E-state index is 13.0. The third kappa shape index (κ3) is 8.92. The number of carbonyl (C=O) groups excluding carboxylic acids is 1. The lowest BCUT2D eigenvalue weighted by Crippen LogP contribution is -2.32. The van der Waals surface area contributed by atoms with E-state index < -0.39 is 12.0 Å². The predicted molar refractivity (Wildman–Crippen MR) is 175 cm³/mol. The molecule has 41 heavy (non-hydrogen) atoms. The standard InChI is InChI=1S/C26H27Cl2N5O3S.2C2H6/c1-15(24-19(27)13-31-14-20(24)28)36-17-4-5-21(29)18(12-17)25(30)26(34)32-22-6-3-16(11-23(22)35-2)33-7-9-37-10-8-33;2*1-2/h3-6,11-15,30H,7-10,29H2,1-2H3,(H,32,34);2*1-2H3. The highest BCUT2D eigenvalue weighted by molar-refractivity contribution is 7.99. The minimum Gasteiger partial charge on any atom is -0.494 e. The van der Waals surface area contributed by atoms with E-state index in [4.69, 9.17) is 43.8 Å². The summed E-state index contributed by atoms with van der Waals surface area (Å²) in [6.07, 6.45) is 2.47. The number of hydrogen-bond acceptors (Lipinski definition) is 8. The van der Waals surface area contributed by atoms with Crippen molar-refractivity contribution in [2.75, 3.05) is 47.7 Å². The summed E-state index contributed by atoms with van der Waals surface area (Å²) in [6.45, 7) is 11.7. The molecule has 1 atom stereocenters. The first-order valence-corrected chi connectivity index (χ1v) is 15.5. The molecule has 0 aliphatic carbocycles. The lowest BCUT2D eigenvalue weighted by Gasteiger charge is -2.29. The number of amides is 1. The van der Waals surface area contributed by atoms with E-state index in [9.17, 15) is 4.79 Å². The number of aromatic nitrogens is 1. The Hall–Kier alpha value is -3.14. The van der Waals surface area contributed by atoms with Gasteiger partial charge in [0.1, 0.15) is 23.3 Å². The van der Waals surface area contributed by atoms with E-state index >= 15 is 0 Å². The molecule has 3 aromatic rings.